The largest absolute Gasteiger partial charge is 0.365 e. The van der Waals surface area contributed by atoms with E-state index in [9.17, 15) is 14.0 Å². The van der Waals surface area contributed by atoms with E-state index in [1.807, 2.05) is 29.4 Å². The van der Waals surface area contributed by atoms with E-state index in [0.29, 0.717) is 25.3 Å². The Kier molecular flexibility index (Phi) is 5.24. The van der Waals surface area contributed by atoms with Gasteiger partial charge in [-0.15, -0.1) is 0 Å². The molecule has 2 aromatic heterocycles. The van der Waals surface area contributed by atoms with E-state index in [-0.39, 0.29) is 17.6 Å². The molecule has 2 amide bonds. The van der Waals surface area contributed by atoms with Crippen molar-refractivity contribution in [3.05, 3.63) is 47.3 Å². The third-order valence-electron chi connectivity index (χ3n) is 6.45. The number of benzene rings is 1. The van der Waals surface area contributed by atoms with Crippen molar-refractivity contribution < 1.29 is 14.0 Å². The number of rotatable bonds is 4. The summed E-state index contributed by atoms with van der Waals surface area (Å²) in [7, 11) is 1.49. The highest BCUT2D eigenvalue weighted by Crippen LogP contribution is 2.34. The highest BCUT2D eigenvalue weighted by Gasteiger charge is 2.28. The Balaban J connectivity index is 1.29. The molecule has 9 nitrogen and oxygen atoms in total. The molecule has 2 N–H and O–H groups in total. The SMILES string of the molecule is CNC(=O)c1ccc(N2CCN(Cc3cc4c5c(c3)nc(C)n5[C@@H](C)C(=O)N4)CC2)c(F)n1. The Hall–Kier alpha value is -3.53. The fraction of sp³-hybridized carbons (Fsp3) is 0.391. The van der Waals surface area contributed by atoms with Gasteiger partial charge in [0, 0.05) is 39.8 Å². The summed E-state index contributed by atoms with van der Waals surface area (Å²) in [6.45, 7) is 7.31. The Morgan fingerprint density at radius 2 is 1.97 bits per heavy atom. The summed E-state index contributed by atoms with van der Waals surface area (Å²) in [5.74, 6) is -0.247. The minimum Gasteiger partial charge on any atom is -0.365 e. The first-order chi connectivity index (χ1) is 15.9. The van der Waals surface area contributed by atoms with Gasteiger partial charge in [0.15, 0.2) is 0 Å². The van der Waals surface area contributed by atoms with E-state index in [4.69, 9.17) is 0 Å². The second-order valence-corrected chi connectivity index (χ2v) is 8.55. The van der Waals surface area contributed by atoms with Crippen LogP contribution in [-0.4, -0.2) is 64.5 Å². The van der Waals surface area contributed by atoms with Crippen LogP contribution in [0.3, 0.4) is 0 Å². The van der Waals surface area contributed by atoms with E-state index in [2.05, 4.69) is 31.6 Å². The molecular weight excluding hydrogens is 425 g/mol. The number of imidazole rings is 1. The molecule has 4 heterocycles. The summed E-state index contributed by atoms with van der Waals surface area (Å²) in [4.78, 5) is 36.8. The van der Waals surface area contributed by atoms with Crippen LogP contribution in [0.5, 0.6) is 0 Å². The molecule has 10 heteroatoms. The molecule has 1 aromatic carbocycles. The van der Waals surface area contributed by atoms with Crippen molar-refractivity contribution in [3.63, 3.8) is 0 Å². The molecule has 0 saturated carbocycles. The van der Waals surface area contributed by atoms with Gasteiger partial charge in [-0.25, -0.2) is 9.97 Å². The second-order valence-electron chi connectivity index (χ2n) is 8.55. The minimum absolute atomic E-state index is 0.0336. The molecule has 5 rings (SSSR count). The van der Waals surface area contributed by atoms with Crippen LogP contribution in [0.4, 0.5) is 15.8 Å². The Bertz CT molecular complexity index is 1260. The molecule has 1 saturated heterocycles. The quantitative estimate of drug-likeness (QED) is 0.590. The molecule has 0 radical (unpaired) electrons. The van der Waals surface area contributed by atoms with Crippen molar-refractivity contribution in [2.75, 3.05) is 43.4 Å². The lowest BCUT2D eigenvalue weighted by molar-refractivity contribution is -0.119. The van der Waals surface area contributed by atoms with E-state index < -0.39 is 11.9 Å². The van der Waals surface area contributed by atoms with Gasteiger partial charge in [-0.1, -0.05) is 0 Å². The van der Waals surface area contributed by atoms with E-state index >= 15 is 0 Å². The summed E-state index contributed by atoms with van der Waals surface area (Å²) in [5.41, 5.74) is 4.20. The summed E-state index contributed by atoms with van der Waals surface area (Å²) >= 11 is 0. The zero-order valence-electron chi connectivity index (χ0n) is 18.9. The summed E-state index contributed by atoms with van der Waals surface area (Å²) in [6, 6.07) is 6.99. The number of anilines is 2. The Labute approximate surface area is 190 Å². The van der Waals surface area contributed by atoms with Gasteiger partial charge >= 0.3 is 0 Å². The van der Waals surface area contributed by atoms with Gasteiger partial charge in [-0.05, 0) is 43.7 Å². The van der Waals surface area contributed by atoms with Crippen LogP contribution in [0.15, 0.2) is 24.3 Å². The first-order valence-electron chi connectivity index (χ1n) is 11.0. The molecule has 33 heavy (non-hydrogen) atoms. The number of amides is 2. The smallest absolute Gasteiger partial charge is 0.269 e. The van der Waals surface area contributed by atoms with Crippen LogP contribution in [0.1, 0.15) is 34.8 Å². The van der Waals surface area contributed by atoms with Gasteiger partial charge in [-0.3, -0.25) is 14.5 Å². The highest BCUT2D eigenvalue weighted by molar-refractivity contribution is 6.05. The summed E-state index contributed by atoms with van der Waals surface area (Å²) in [6.07, 6.45) is 0. The number of hydrogen-bond acceptors (Lipinski definition) is 6. The van der Waals surface area contributed by atoms with Crippen molar-refractivity contribution in [2.24, 2.45) is 0 Å². The normalized spacial score (nSPS) is 18.5. The molecule has 3 aromatic rings. The van der Waals surface area contributed by atoms with Crippen LogP contribution < -0.4 is 15.5 Å². The standard InChI is InChI=1S/C23H26FN7O2/c1-13-22(32)28-18-11-15(10-17-20(18)31(13)14(2)26-17)12-29-6-8-30(9-7-29)19-5-4-16(23(33)25-3)27-21(19)24/h4-5,10-11,13H,6-9,12H2,1-3H3,(H,25,33)(H,28,32)/t13-/m0/s1. The molecule has 2 aliphatic rings. The molecule has 0 spiro atoms. The maximum absolute atomic E-state index is 14.5. The van der Waals surface area contributed by atoms with Gasteiger partial charge < -0.3 is 20.1 Å². The number of piperazine rings is 1. The van der Waals surface area contributed by atoms with Crippen molar-refractivity contribution in [2.45, 2.75) is 26.4 Å². The number of aryl methyl sites for hydroxylation is 1. The van der Waals surface area contributed by atoms with E-state index in [0.717, 1.165) is 41.2 Å². The van der Waals surface area contributed by atoms with Gasteiger partial charge in [0.2, 0.25) is 11.9 Å². The van der Waals surface area contributed by atoms with Crippen molar-refractivity contribution in [1.29, 1.82) is 0 Å². The van der Waals surface area contributed by atoms with Gasteiger partial charge in [-0.2, -0.15) is 4.39 Å². The first-order valence-corrected chi connectivity index (χ1v) is 11.0. The lowest BCUT2D eigenvalue weighted by Gasteiger charge is -2.36. The van der Waals surface area contributed by atoms with Gasteiger partial charge in [0.1, 0.15) is 17.6 Å². The predicted octanol–water partition coefficient (Wildman–Crippen LogP) is 2.07. The number of pyridine rings is 1. The fourth-order valence-corrected chi connectivity index (χ4v) is 4.74. The first kappa shape index (κ1) is 21.3. The van der Waals surface area contributed by atoms with Crippen molar-refractivity contribution in [1.82, 2.24) is 24.8 Å². The number of halogens is 1. The van der Waals surface area contributed by atoms with Crippen LogP contribution in [-0.2, 0) is 11.3 Å². The summed E-state index contributed by atoms with van der Waals surface area (Å²) < 4.78 is 16.5. The average molecular weight is 452 g/mol. The van der Waals surface area contributed by atoms with Gasteiger partial charge in [0.05, 0.1) is 22.4 Å². The van der Waals surface area contributed by atoms with Crippen LogP contribution in [0, 0.1) is 12.9 Å². The van der Waals surface area contributed by atoms with Crippen LogP contribution >= 0.6 is 0 Å². The minimum atomic E-state index is -0.634. The highest BCUT2D eigenvalue weighted by atomic mass is 19.1. The molecular formula is C23H26FN7O2. The average Bonchev–Trinajstić information content (AvgIpc) is 3.14. The number of hydrogen-bond donors (Lipinski definition) is 2. The molecule has 172 valence electrons. The Morgan fingerprint density at radius 3 is 2.67 bits per heavy atom. The number of carbonyl (C=O) groups excluding carboxylic acids is 2. The molecule has 1 fully saturated rings. The maximum atomic E-state index is 14.5. The monoisotopic (exact) mass is 451 g/mol. The molecule has 1 atom stereocenters. The zero-order chi connectivity index (χ0) is 23.3. The molecule has 0 bridgehead atoms. The van der Waals surface area contributed by atoms with Crippen molar-refractivity contribution >= 4 is 34.2 Å². The van der Waals surface area contributed by atoms with Crippen LogP contribution in [0.25, 0.3) is 11.0 Å². The topological polar surface area (TPSA) is 95.4 Å². The van der Waals surface area contributed by atoms with E-state index in [1.54, 1.807) is 12.1 Å². The zero-order valence-corrected chi connectivity index (χ0v) is 18.9. The Morgan fingerprint density at radius 1 is 1.21 bits per heavy atom. The number of aromatic nitrogens is 3. The third kappa shape index (κ3) is 3.70. The second kappa shape index (κ2) is 8.11. The third-order valence-corrected chi connectivity index (χ3v) is 6.45. The molecule has 0 aliphatic carbocycles. The number of nitrogens with zero attached hydrogens (tertiary/aromatic N) is 5. The predicted molar refractivity (Wildman–Crippen MR) is 123 cm³/mol. The van der Waals surface area contributed by atoms with Crippen LogP contribution in [0.2, 0.25) is 0 Å². The maximum Gasteiger partial charge on any atom is 0.269 e. The fourth-order valence-electron chi connectivity index (χ4n) is 4.74. The molecule has 2 aliphatic heterocycles. The van der Waals surface area contributed by atoms with Crippen molar-refractivity contribution in [3.8, 4) is 0 Å². The lowest BCUT2D eigenvalue weighted by atomic mass is 10.1. The summed E-state index contributed by atoms with van der Waals surface area (Å²) in [5, 5.41) is 5.46. The molecule has 0 unspecified atom stereocenters. The lowest BCUT2D eigenvalue weighted by Crippen LogP contribution is -2.46. The van der Waals surface area contributed by atoms with E-state index in [1.165, 1.54) is 7.05 Å². The van der Waals surface area contributed by atoms with Gasteiger partial charge in [0.25, 0.3) is 5.91 Å². The number of carbonyl (C=O) groups is 2. The number of nitrogens with one attached hydrogen (secondary N) is 2.